The summed E-state index contributed by atoms with van der Waals surface area (Å²) in [6, 6.07) is 17.1. The van der Waals surface area contributed by atoms with Crippen LogP contribution in [0, 0.1) is 0 Å². The molecule has 1 aliphatic heterocycles. The van der Waals surface area contributed by atoms with Crippen LogP contribution >= 0.6 is 23.2 Å². The molecule has 3 aromatic carbocycles. The molecule has 0 saturated carbocycles. The summed E-state index contributed by atoms with van der Waals surface area (Å²) in [6.45, 7) is 1.26. The van der Waals surface area contributed by atoms with E-state index in [1.807, 2.05) is 19.1 Å². The first-order chi connectivity index (χ1) is 16.1. The Balaban J connectivity index is 1.47. The minimum atomic E-state index is -3.92. The molecule has 0 saturated heterocycles. The van der Waals surface area contributed by atoms with Gasteiger partial charge in [-0.3, -0.25) is 9.10 Å². The highest BCUT2D eigenvalue weighted by molar-refractivity contribution is 7.92. The average Bonchev–Trinajstić information content (AvgIpc) is 3.13. The van der Waals surface area contributed by atoms with Crippen LogP contribution in [0.2, 0.25) is 10.0 Å². The number of hydrogen-bond acceptors (Lipinski definition) is 5. The van der Waals surface area contributed by atoms with Gasteiger partial charge in [0, 0.05) is 21.8 Å². The number of para-hydroxylation sites is 1. The maximum absolute atomic E-state index is 13.4. The number of fused-ring (bicyclic) bond motifs is 1. The number of nitrogens with zero attached hydrogens (tertiary/aromatic N) is 1. The van der Waals surface area contributed by atoms with E-state index < -0.39 is 28.5 Å². The van der Waals surface area contributed by atoms with Gasteiger partial charge in [-0.1, -0.05) is 47.5 Å². The van der Waals surface area contributed by atoms with Crippen molar-refractivity contribution in [3.8, 4) is 0 Å². The molecule has 1 N–H and O–H groups in total. The molecule has 3 aromatic rings. The van der Waals surface area contributed by atoms with E-state index in [0.717, 1.165) is 5.56 Å². The Morgan fingerprint density at radius 1 is 1.03 bits per heavy atom. The minimum Gasteiger partial charge on any atom is -0.452 e. The van der Waals surface area contributed by atoms with Gasteiger partial charge in [0.15, 0.2) is 6.61 Å². The molecule has 0 spiro atoms. The fraction of sp³-hybridized carbons (Fsp3) is 0.167. The van der Waals surface area contributed by atoms with Gasteiger partial charge in [0.05, 0.1) is 16.1 Å². The molecule has 1 unspecified atom stereocenters. The van der Waals surface area contributed by atoms with Crippen LogP contribution < -0.4 is 9.62 Å². The quantitative estimate of drug-likeness (QED) is 0.467. The second-order valence-electron chi connectivity index (χ2n) is 7.79. The molecule has 7 nitrogen and oxygen atoms in total. The summed E-state index contributed by atoms with van der Waals surface area (Å²) in [5.74, 6) is -1.43. The lowest BCUT2D eigenvalue weighted by Gasteiger charge is -2.24. The fourth-order valence-corrected chi connectivity index (χ4v) is 6.10. The predicted octanol–water partition coefficient (Wildman–Crippen LogP) is 4.93. The van der Waals surface area contributed by atoms with Crippen molar-refractivity contribution < 1.29 is 22.7 Å². The molecule has 1 heterocycles. The Bertz CT molecular complexity index is 1360. The lowest BCUT2D eigenvalue weighted by Crippen LogP contribution is -2.35. The number of sulfonamides is 1. The molecule has 4 rings (SSSR count). The molecule has 1 atom stereocenters. The molecule has 0 aliphatic carbocycles. The lowest BCUT2D eigenvalue weighted by molar-refractivity contribution is -0.119. The van der Waals surface area contributed by atoms with E-state index in [1.54, 1.807) is 12.1 Å². The van der Waals surface area contributed by atoms with Crippen LogP contribution in [0.1, 0.15) is 22.8 Å². The smallest absolute Gasteiger partial charge is 0.338 e. The summed E-state index contributed by atoms with van der Waals surface area (Å²) in [5, 5.41) is 3.21. The fourth-order valence-electron chi connectivity index (χ4n) is 3.84. The molecule has 0 aromatic heterocycles. The van der Waals surface area contributed by atoms with Crippen molar-refractivity contribution in [1.82, 2.24) is 0 Å². The Kier molecular flexibility index (Phi) is 6.84. The van der Waals surface area contributed by atoms with Gasteiger partial charge in [-0.05, 0) is 61.4 Å². The van der Waals surface area contributed by atoms with E-state index in [0.29, 0.717) is 27.8 Å². The number of rotatable bonds is 6. The van der Waals surface area contributed by atoms with Crippen LogP contribution in [0.15, 0.2) is 71.6 Å². The summed E-state index contributed by atoms with van der Waals surface area (Å²) in [5.41, 5.74) is 1.94. The van der Waals surface area contributed by atoms with Crippen LogP contribution in [-0.2, 0) is 26.0 Å². The molecule has 0 fully saturated rings. The Labute approximate surface area is 207 Å². The third-order valence-corrected chi connectivity index (χ3v) is 7.61. The SMILES string of the molecule is CC1Cc2ccccc2N1S(=O)(=O)c1cccc(C(=O)OCC(=O)Nc2cc(Cl)cc(Cl)c2)c1. The number of carbonyl (C=O) groups is 2. The van der Waals surface area contributed by atoms with Crippen LogP contribution in [0.3, 0.4) is 0 Å². The summed E-state index contributed by atoms with van der Waals surface area (Å²) in [7, 11) is -3.92. The number of anilines is 2. The maximum atomic E-state index is 13.4. The molecule has 34 heavy (non-hydrogen) atoms. The van der Waals surface area contributed by atoms with Crippen molar-refractivity contribution in [2.75, 3.05) is 16.2 Å². The Hall–Kier alpha value is -3.07. The minimum absolute atomic E-state index is 0.0137. The molecule has 10 heteroatoms. The van der Waals surface area contributed by atoms with E-state index in [1.165, 1.54) is 46.8 Å². The van der Waals surface area contributed by atoms with Crippen LogP contribution in [0.4, 0.5) is 11.4 Å². The second kappa shape index (κ2) is 9.66. The summed E-state index contributed by atoms with van der Waals surface area (Å²) >= 11 is 11.8. The van der Waals surface area contributed by atoms with Crippen LogP contribution in [0.25, 0.3) is 0 Å². The van der Waals surface area contributed by atoms with Gasteiger partial charge in [-0.25, -0.2) is 13.2 Å². The molecule has 0 radical (unpaired) electrons. The maximum Gasteiger partial charge on any atom is 0.338 e. The predicted molar refractivity (Wildman–Crippen MR) is 131 cm³/mol. The van der Waals surface area contributed by atoms with Crippen LogP contribution in [0.5, 0.6) is 0 Å². The van der Waals surface area contributed by atoms with E-state index in [-0.39, 0.29) is 16.5 Å². The van der Waals surface area contributed by atoms with Gasteiger partial charge in [-0.2, -0.15) is 0 Å². The first-order valence-electron chi connectivity index (χ1n) is 10.3. The largest absolute Gasteiger partial charge is 0.452 e. The van der Waals surface area contributed by atoms with E-state index in [2.05, 4.69) is 5.32 Å². The summed E-state index contributed by atoms with van der Waals surface area (Å²) in [6.07, 6.45) is 0.601. The number of halogens is 2. The zero-order valence-electron chi connectivity index (χ0n) is 18.0. The number of nitrogens with one attached hydrogen (secondary N) is 1. The van der Waals surface area contributed by atoms with Gasteiger partial charge >= 0.3 is 5.97 Å². The highest BCUT2D eigenvalue weighted by Crippen LogP contribution is 2.36. The number of carbonyl (C=O) groups excluding carboxylic acids is 2. The normalized spacial score (nSPS) is 15.0. The number of benzene rings is 3. The van der Waals surface area contributed by atoms with Crippen LogP contribution in [-0.4, -0.2) is 32.9 Å². The van der Waals surface area contributed by atoms with Gasteiger partial charge in [-0.15, -0.1) is 0 Å². The lowest BCUT2D eigenvalue weighted by atomic mass is 10.1. The Morgan fingerprint density at radius 3 is 2.47 bits per heavy atom. The zero-order valence-corrected chi connectivity index (χ0v) is 20.3. The summed E-state index contributed by atoms with van der Waals surface area (Å²) < 4.78 is 33.2. The molecule has 176 valence electrons. The standard InChI is InChI=1S/C24H20Cl2N2O5S/c1-15-9-16-5-2-3-8-22(16)28(15)34(31,32)21-7-4-6-17(10-21)24(30)33-14-23(29)27-20-12-18(25)11-19(26)13-20/h2-8,10-13,15H,9,14H2,1H3,(H,27,29). The van der Waals surface area contributed by atoms with Crippen molar-refractivity contribution >= 4 is 56.5 Å². The highest BCUT2D eigenvalue weighted by atomic mass is 35.5. The molecule has 1 amide bonds. The van der Waals surface area contributed by atoms with Crippen molar-refractivity contribution in [3.63, 3.8) is 0 Å². The van der Waals surface area contributed by atoms with Gasteiger partial charge in [0.2, 0.25) is 0 Å². The van der Waals surface area contributed by atoms with Gasteiger partial charge in [0.1, 0.15) is 0 Å². The zero-order chi connectivity index (χ0) is 24.5. The van der Waals surface area contributed by atoms with Crippen molar-refractivity contribution in [2.24, 2.45) is 0 Å². The number of hydrogen-bond donors (Lipinski definition) is 1. The number of ether oxygens (including phenoxy) is 1. The average molecular weight is 519 g/mol. The van der Waals surface area contributed by atoms with Gasteiger partial charge < -0.3 is 10.1 Å². The molecule has 1 aliphatic rings. The monoisotopic (exact) mass is 518 g/mol. The third kappa shape index (κ3) is 5.04. The second-order valence-corrected chi connectivity index (χ2v) is 10.5. The van der Waals surface area contributed by atoms with Crippen molar-refractivity contribution in [1.29, 1.82) is 0 Å². The molecular weight excluding hydrogens is 499 g/mol. The molecule has 0 bridgehead atoms. The van der Waals surface area contributed by atoms with E-state index in [9.17, 15) is 18.0 Å². The first kappa shape index (κ1) is 24.1. The molecular formula is C24H20Cl2N2O5S. The first-order valence-corrected chi connectivity index (χ1v) is 12.5. The van der Waals surface area contributed by atoms with Crippen molar-refractivity contribution in [2.45, 2.75) is 24.3 Å². The topological polar surface area (TPSA) is 92.8 Å². The third-order valence-electron chi connectivity index (χ3n) is 5.25. The summed E-state index contributed by atoms with van der Waals surface area (Å²) in [4.78, 5) is 24.6. The van der Waals surface area contributed by atoms with E-state index in [4.69, 9.17) is 27.9 Å². The number of esters is 1. The Morgan fingerprint density at radius 2 is 1.74 bits per heavy atom. The van der Waals surface area contributed by atoms with Crippen molar-refractivity contribution in [3.05, 3.63) is 87.9 Å². The highest BCUT2D eigenvalue weighted by Gasteiger charge is 2.36. The van der Waals surface area contributed by atoms with E-state index >= 15 is 0 Å². The number of amides is 1. The van der Waals surface area contributed by atoms with Gasteiger partial charge in [0.25, 0.3) is 15.9 Å².